The molecule has 12 heteroatoms. The number of nitrogens with one attached hydrogen (secondary N) is 2. The molecule has 0 bridgehead atoms. The van der Waals surface area contributed by atoms with Gasteiger partial charge in [-0.2, -0.15) is 5.26 Å². The van der Waals surface area contributed by atoms with Crippen LogP contribution in [0.15, 0.2) is 67.0 Å². The first-order valence-electron chi connectivity index (χ1n) is 16.1. The fourth-order valence-corrected chi connectivity index (χ4v) is 5.54. The van der Waals surface area contributed by atoms with Gasteiger partial charge in [0.1, 0.15) is 36.5 Å². The number of ether oxygens (including phenoxy) is 3. The highest BCUT2D eigenvalue weighted by Gasteiger charge is 2.17. The van der Waals surface area contributed by atoms with Crippen molar-refractivity contribution in [3.63, 3.8) is 0 Å². The molecule has 0 aliphatic heterocycles. The van der Waals surface area contributed by atoms with Crippen LogP contribution in [0.25, 0.3) is 11.1 Å². The molecule has 0 radical (unpaired) electrons. The van der Waals surface area contributed by atoms with E-state index in [9.17, 15) is 15.5 Å². The number of hydrogen-bond donors (Lipinski definition) is 5. The Labute approximate surface area is 297 Å². The smallest absolute Gasteiger partial charge is 0.142 e. The van der Waals surface area contributed by atoms with Gasteiger partial charge in [0.25, 0.3) is 0 Å². The predicted molar refractivity (Wildman–Crippen MR) is 190 cm³/mol. The summed E-state index contributed by atoms with van der Waals surface area (Å²) in [6.07, 6.45) is 4.64. The summed E-state index contributed by atoms with van der Waals surface area (Å²) < 4.78 is 18.4. The van der Waals surface area contributed by atoms with E-state index in [1.54, 1.807) is 24.4 Å². The van der Waals surface area contributed by atoms with E-state index in [2.05, 4.69) is 21.7 Å². The average molecular weight is 710 g/mol. The molecule has 3 aromatic carbocycles. The number of pyridine rings is 1. The van der Waals surface area contributed by atoms with E-state index in [1.165, 1.54) is 6.20 Å². The lowest BCUT2D eigenvalue weighted by atomic mass is 9.96. The lowest BCUT2D eigenvalue weighted by Crippen LogP contribution is -2.35. The third kappa shape index (κ3) is 11.0. The summed E-state index contributed by atoms with van der Waals surface area (Å²) in [5, 5.41) is 44.4. The maximum absolute atomic E-state index is 9.51. The molecule has 1 aromatic heterocycles. The number of rotatable bonds is 20. The monoisotopic (exact) mass is 708 g/mol. The summed E-state index contributed by atoms with van der Waals surface area (Å²) in [4.78, 5) is 4.10. The number of benzene rings is 3. The number of aliphatic hydroxyl groups is 3. The Bertz CT molecular complexity index is 1700. The Morgan fingerprint density at radius 1 is 0.837 bits per heavy atom. The molecule has 1 heterocycles. The van der Waals surface area contributed by atoms with Gasteiger partial charge in [0.2, 0.25) is 0 Å². The Morgan fingerprint density at radius 3 is 2.37 bits per heavy atom. The summed E-state index contributed by atoms with van der Waals surface area (Å²) in [5.74, 6) is 1.51. The van der Waals surface area contributed by atoms with Crippen LogP contribution in [0.3, 0.4) is 0 Å². The molecule has 0 aliphatic rings. The van der Waals surface area contributed by atoms with Crippen LogP contribution < -0.4 is 24.8 Å². The van der Waals surface area contributed by atoms with Crippen molar-refractivity contribution < 1.29 is 29.5 Å². The number of nitrogens with zero attached hydrogens (tertiary/aromatic N) is 2. The van der Waals surface area contributed by atoms with Gasteiger partial charge >= 0.3 is 0 Å². The summed E-state index contributed by atoms with van der Waals surface area (Å²) in [6.45, 7) is 4.42. The molecule has 10 nitrogen and oxygen atoms in total. The molecule has 0 atom stereocenters. The first-order chi connectivity index (χ1) is 23.9. The molecule has 0 spiro atoms. The Balaban J connectivity index is 1.50. The van der Waals surface area contributed by atoms with Gasteiger partial charge in [-0.15, -0.1) is 0 Å². The maximum Gasteiger partial charge on any atom is 0.142 e. The first-order valence-corrected chi connectivity index (χ1v) is 16.8. The molecule has 0 aliphatic carbocycles. The molecule has 0 saturated heterocycles. The van der Waals surface area contributed by atoms with Crippen LogP contribution >= 0.6 is 23.2 Å². The number of nitriles is 1. The molecule has 0 saturated carbocycles. The minimum absolute atomic E-state index is 0.145. The van der Waals surface area contributed by atoms with Crippen molar-refractivity contribution in [3.8, 4) is 34.4 Å². The number of hydrogen-bond acceptors (Lipinski definition) is 10. The molecule has 5 N–H and O–H groups in total. The second kappa shape index (κ2) is 19.9. The molecule has 0 unspecified atom stereocenters. The normalized spacial score (nSPS) is 11.1. The van der Waals surface area contributed by atoms with E-state index in [1.807, 2.05) is 43.3 Å². The zero-order chi connectivity index (χ0) is 35.0. The van der Waals surface area contributed by atoms with Crippen molar-refractivity contribution in [3.05, 3.63) is 105 Å². The van der Waals surface area contributed by atoms with Crippen molar-refractivity contribution in [2.45, 2.75) is 45.6 Å². The highest BCUT2D eigenvalue weighted by Crippen LogP contribution is 2.38. The lowest BCUT2D eigenvalue weighted by molar-refractivity contribution is 0.170. The number of aliphatic hydroxyl groups excluding tert-OH is 3. The molecule has 49 heavy (non-hydrogen) atoms. The van der Waals surface area contributed by atoms with Gasteiger partial charge in [0.15, 0.2) is 0 Å². The second-order valence-electron chi connectivity index (χ2n) is 11.3. The maximum atomic E-state index is 9.51. The van der Waals surface area contributed by atoms with Gasteiger partial charge in [-0.1, -0.05) is 53.5 Å². The molecule has 0 fully saturated rings. The van der Waals surface area contributed by atoms with Crippen LogP contribution in [0.2, 0.25) is 10.0 Å². The first kappa shape index (κ1) is 37.9. The largest absolute Gasteiger partial charge is 0.492 e. The Kier molecular flexibility index (Phi) is 15.4. The Hall–Kier alpha value is -3.92. The topological polar surface area (TPSA) is 149 Å². The fraction of sp³-hybridized carbons (Fsp3) is 0.351. The van der Waals surface area contributed by atoms with E-state index in [-0.39, 0.29) is 39.6 Å². The van der Waals surface area contributed by atoms with Gasteiger partial charge in [-0.25, -0.2) is 0 Å². The molecule has 0 amide bonds. The fourth-order valence-electron chi connectivity index (χ4n) is 5.01. The third-order valence-corrected chi connectivity index (χ3v) is 8.49. The standard InChI is InChI=1S/C37H42Cl2N4O6/c1-25-28(6-2-7-31(25)32-8-3-9-34(37(32)39)47-13-5-11-41-10-4-12-44)24-49-36-16-35(48-23-27-14-26(17-40)18-42-19-27)29(15-33(36)38)20-43-30(21-45)22-46/h2-3,6-9,14-16,18-19,30,41,43-46H,4-5,10-13,20-24H2,1H3. The SMILES string of the molecule is Cc1c(COc2cc(OCc3cncc(C#N)c3)c(CNC(CO)CO)cc2Cl)cccc1-c1cccc(OCCCNCCCO)c1Cl. The van der Waals surface area contributed by atoms with Gasteiger partial charge < -0.3 is 40.2 Å². The van der Waals surface area contributed by atoms with Crippen LogP contribution in [0.5, 0.6) is 17.2 Å². The Morgan fingerprint density at radius 2 is 1.59 bits per heavy atom. The highest BCUT2D eigenvalue weighted by atomic mass is 35.5. The number of halogens is 2. The summed E-state index contributed by atoms with van der Waals surface area (Å²) >= 11 is 13.5. The van der Waals surface area contributed by atoms with Crippen molar-refractivity contribution in [2.24, 2.45) is 0 Å². The molecule has 4 aromatic rings. The van der Waals surface area contributed by atoms with Gasteiger partial charge in [0, 0.05) is 48.3 Å². The summed E-state index contributed by atoms with van der Waals surface area (Å²) in [7, 11) is 0. The van der Waals surface area contributed by atoms with Crippen LogP contribution in [0, 0.1) is 18.3 Å². The van der Waals surface area contributed by atoms with E-state index in [4.69, 9.17) is 42.5 Å². The molecular formula is C37H42Cl2N4O6. The van der Waals surface area contributed by atoms with Crippen LogP contribution in [-0.4, -0.2) is 65.9 Å². The average Bonchev–Trinajstić information content (AvgIpc) is 3.12. The van der Waals surface area contributed by atoms with Gasteiger partial charge in [0.05, 0.1) is 41.5 Å². The summed E-state index contributed by atoms with van der Waals surface area (Å²) in [6, 6.07) is 18.4. The van der Waals surface area contributed by atoms with E-state index in [0.717, 1.165) is 48.2 Å². The van der Waals surface area contributed by atoms with Crippen LogP contribution in [-0.2, 0) is 19.8 Å². The lowest BCUT2D eigenvalue weighted by Gasteiger charge is -2.19. The minimum Gasteiger partial charge on any atom is -0.492 e. The van der Waals surface area contributed by atoms with Gasteiger partial charge in [-0.05, 0) is 67.7 Å². The molecule has 4 rings (SSSR count). The van der Waals surface area contributed by atoms with Crippen LogP contribution in [0.4, 0.5) is 0 Å². The van der Waals surface area contributed by atoms with E-state index in [0.29, 0.717) is 50.6 Å². The molecular weight excluding hydrogens is 667 g/mol. The summed E-state index contributed by atoms with van der Waals surface area (Å²) in [5.41, 5.74) is 5.57. The van der Waals surface area contributed by atoms with E-state index >= 15 is 0 Å². The zero-order valence-electron chi connectivity index (χ0n) is 27.4. The predicted octanol–water partition coefficient (Wildman–Crippen LogP) is 5.58. The third-order valence-electron chi connectivity index (χ3n) is 7.81. The second-order valence-corrected chi connectivity index (χ2v) is 12.1. The van der Waals surface area contributed by atoms with Crippen molar-refractivity contribution in [2.75, 3.05) is 39.5 Å². The molecule has 260 valence electrons. The zero-order valence-corrected chi connectivity index (χ0v) is 28.9. The van der Waals surface area contributed by atoms with Gasteiger partial charge in [-0.3, -0.25) is 4.98 Å². The van der Waals surface area contributed by atoms with E-state index < -0.39 is 6.04 Å². The van der Waals surface area contributed by atoms with Crippen LogP contribution in [0.1, 0.15) is 40.7 Å². The number of aromatic nitrogens is 1. The van der Waals surface area contributed by atoms with Crippen molar-refractivity contribution in [1.29, 1.82) is 5.26 Å². The highest BCUT2D eigenvalue weighted by molar-refractivity contribution is 6.35. The minimum atomic E-state index is -0.514. The quantitative estimate of drug-likeness (QED) is 0.0737. The van der Waals surface area contributed by atoms with Crippen molar-refractivity contribution >= 4 is 23.2 Å². The van der Waals surface area contributed by atoms with Crippen molar-refractivity contribution in [1.82, 2.24) is 15.6 Å².